The molecule has 0 heterocycles. The van der Waals surface area contributed by atoms with E-state index in [1.807, 2.05) is 0 Å². The third-order valence-corrected chi connectivity index (χ3v) is 1.99. The Hall–Kier alpha value is -1.97. The number of phenols is 1. The summed E-state index contributed by atoms with van der Waals surface area (Å²) >= 11 is 0. The van der Waals surface area contributed by atoms with Crippen LogP contribution in [-0.4, -0.2) is 25.3 Å². The lowest BCUT2D eigenvalue weighted by molar-refractivity contribution is 0.0600. The molecule has 0 atom stereocenters. The van der Waals surface area contributed by atoms with Gasteiger partial charge in [0.05, 0.1) is 19.8 Å². The van der Waals surface area contributed by atoms with Crippen LogP contribution in [0, 0.1) is 0 Å². The van der Waals surface area contributed by atoms with Crippen LogP contribution in [0.25, 0.3) is 6.08 Å². The van der Waals surface area contributed by atoms with Crippen molar-refractivity contribution in [3.63, 3.8) is 0 Å². The molecule has 1 rings (SSSR count). The molecule has 0 aliphatic rings. The average molecular weight is 208 g/mol. The van der Waals surface area contributed by atoms with Crippen molar-refractivity contribution < 1.29 is 19.4 Å². The van der Waals surface area contributed by atoms with Crippen molar-refractivity contribution in [2.75, 3.05) is 14.2 Å². The summed E-state index contributed by atoms with van der Waals surface area (Å²) < 4.78 is 9.57. The molecular weight excluding hydrogens is 196 g/mol. The first-order valence-electron chi connectivity index (χ1n) is 4.26. The molecule has 0 aromatic heterocycles. The van der Waals surface area contributed by atoms with Crippen LogP contribution in [0.2, 0.25) is 0 Å². The Morgan fingerprint density at radius 3 is 2.60 bits per heavy atom. The molecule has 0 aliphatic carbocycles. The lowest BCUT2D eigenvalue weighted by Gasteiger charge is -2.10. The van der Waals surface area contributed by atoms with Gasteiger partial charge in [0.15, 0.2) is 11.5 Å². The van der Waals surface area contributed by atoms with E-state index in [9.17, 15) is 9.90 Å². The van der Waals surface area contributed by atoms with Crippen molar-refractivity contribution in [2.24, 2.45) is 0 Å². The fourth-order valence-corrected chi connectivity index (χ4v) is 1.29. The number of esters is 1. The molecule has 0 saturated carbocycles. The van der Waals surface area contributed by atoms with E-state index in [4.69, 9.17) is 4.74 Å². The van der Waals surface area contributed by atoms with Crippen LogP contribution in [0.1, 0.15) is 15.9 Å². The Balaban J connectivity index is 3.41. The highest BCUT2D eigenvalue weighted by Crippen LogP contribution is 2.33. The molecular formula is C11H12O4. The van der Waals surface area contributed by atoms with Gasteiger partial charge in [0.2, 0.25) is 0 Å². The number of benzene rings is 1. The van der Waals surface area contributed by atoms with E-state index < -0.39 is 5.97 Å². The topological polar surface area (TPSA) is 55.8 Å². The van der Waals surface area contributed by atoms with Gasteiger partial charge in [-0.1, -0.05) is 12.7 Å². The van der Waals surface area contributed by atoms with Gasteiger partial charge in [-0.15, -0.1) is 0 Å². The molecule has 1 aromatic carbocycles. The molecule has 0 fully saturated rings. The van der Waals surface area contributed by atoms with Crippen LogP contribution < -0.4 is 4.74 Å². The highest BCUT2D eigenvalue weighted by atomic mass is 16.5. The fourth-order valence-electron chi connectivity index (χ4n) is 1.29. The molecule has 0 radical (unpaired) electrons. The Morgan fingerprint density at radius 2 is 2.13 bits per heavy atom. The van der Waals surface area contributed by atoms with Gasteiger partial charge in [-0.3, -0.25) is 0 Å². The predicted molar refractivity (Wildman–Crippen MR) is 56.1 cm³/mol. The summed E-state index contributed by atoms with van der Waals surface area (Å²) in [4.78, 5) is 11.4. The SMILES string of the molecule is C=Cc1c(C(=O)OC)ccc(O)c1OC. The van der Waals surface area contributed by atoms with E-state index in [-0.39, 0.29) is 11.5 Å². The molecule has 80 valence electrons. The van der Waals surface area contributed by atoms with E-state index in [0.717, 1.165) is 0 Å². The van der Waals surface area contributed by atoms with E-state index in [1.54, 1.807) is 0 Å². The van der Waals surface area contributed by atoms with Crippen LogP contribution in [0.5, 0.6) is 11.5 Å². The maximum atomic E-state index is 11.4. The molecule has 1 N–H and O–H groups in total. The Kier molecular flexibility index (Phi) is 3.33. The standard InChI is InChI=1S/C11H12O4/c1-4-7-8(11(13)15-3)5-6-9(12)10(7)14-2/h4-6,12H,1H2,2-3H3. The van der Waals surface area contributed by atoms with Crippen LogP contribution >= 0.6 is 0 Å². The third-order valence-electron chi connectivity index (χ3n) is 1.99. The molecule has 0 aliphatic heterocycles. The number of methoxy groups -OCH3 is 2. The number of phenolic OH excluding ortho intramolecular Hbond substituents is 1. The van der Waals surface area contributed by atoms with Gasteiger partial charge in [0, 0.05) is 5.56 Å². The summed E-state index contributed by atoms with van der Waals surface area (Å²) in [6, 6.07) is 2.83. The van der Waals surface area contributed by atoms with Gasteiger partial charge in [-0.2, -0.15) is 0 Å². The number of aromatic hydroxyl groups is 1. The first kappa shape index (κ1) is 11.1. The molecule has 0 unspecified atom stereocenters. The van der Waals surface area contributed by atoms with Gasteiger partial charge < -0.3 is 14.6 Å². The number of hydrogen-bond acceptors (Lipinski definition) is 4. The number of rotatable bonds is 3. The molecule has 4 nitrogen and oxygen atoms in total. The summed E-state index contributed by atoms with van der Waals surface area (Å²) in [5.74, 6) is -0.323. The van der Waals surface area contributed by atoms with Gasteiger partial charge >= 0.3 is 5.97 Å². The third kappa shape index (κ3) is 1.93. The molecule has 15 heavy (non-hydrogen) atoms. The molecule has 1 aromatic rings. The lowest BCUT2D eigenvalue weighted by Crippen LogP contribution is -2.04. The zero-order valence-corrected chi connectivity index (χ0v) is 8.61. The normalized spacial score (nSPS) is 9.47. The molecule has 4 heteroatoms. The van der Waals surface area contributed by atoms with Gasteiger partial charge in [0.1, 0.15) is 0 Å². The number of carbonyl (C=O) groups excluding carboxylic acids is 1. The summed E-state index contributed by atoms with van der Waals surface area (Å²) in [5.41, 5.74) is 0.728. The number of carbonyl (C=O) groups is 1. The fraction of sp³-hybridized carbons (Fsp3) is 0.182. The second kappa shape index (κ2) is 4.50. The zero-order valence-electron chi connectivity index (χ0n) is 8.61. The molecule has 0 spiro atoms. The van der Waals surface area contributed by atoms with Crippen molar-refractivity contribution in [3.8, 4) is 11.5 Å². The van der Waals surface area contributed by atoms with Gasteiger partial charge in [-0.25, -0.2) is 4.79 Å². The van der Waals surface area contributed by atoms with Crippen LogP contribution in [0.3, 0.4) is 0 Å². The summed E-state index contributed by atoms with van der Waals surface area (Å²) in [7, 11) is 2.69. The number of ether oxygens (including phenoxy) is 2. The minimum absolute atomic E-state index is 0.0416. The largest absolute Gasteiger partial charge is 0.504 e. The Morgan fingerprint density at radius 1 is 1.47 bits per heavy atom. The summed E-state index contributed by atoms with van der Waals surface area (Å²) in [5, 5.41) is 9.48. The van der Waals surface area contributed by atoms with Crippen LogP contribution in [0.4, 0.5) is 0 Å². The van der Waals surface area contributed by atoms with Crippen LogP contribution in [0.15, 0.2) is 18.7 Å². The van der Waals surface area contributed by atoms with Crippen molar-refractivity contribution >= 4 is 12.0 Å². The van der Waals surface area contributed by atoms with Crippen molar-refractivity contribution in [2.45, 2.75) is 0 Å². The van der Waals surface area contributed by atoms with Gasteiger partial charge in [0.25, 0.3) is 0 Å². The maximum Gasteiger partial charge on any atom is 0.338 e. The molecule has 0 saturated heterocycles. The summed E-state index contributed by atoms with van der Waals surface area (Å²) in [6.07, 6.45) is 1.44. The predicted octanol–water partition coefficient (Wildman–Crippen LogP) is 1.83. The Bertz CT molecular complexity index is 396. The Labute approximate surface area is 87.7 Å². The van der Waals surface area contributed by atoms with E-state index in [2.05, 4.69) is 11.3 Å². The monoisotopic (exact) mass is 208 g/mol. The minimum atomic E-state index is -0.497. The van der Waals surface area contributed by atoms with Crippen molar-refractivity contribution in [3.05, 3.63) is 29.8 Å². The first-order chi connectivity index (χ1) is 7.15. The van der Waals surface area contributed by atoms with Crippen molar-refractivity contribution in [1.82, 2.24) is 0 Å². The average Bonchev–Trinajstić information content (AvgIpc) is 2.27. The number of hydrogen-bond donors (Lipinski definition) is 1. The second-order valence-electron chi connectivity index (χ2n) is 2.77. The van der Waals surface area contributed by atoms with E-state index in [0.29, 0.717) is 11.1 Å². The van der Waals surface area contributed by atoms with Crippen molar-refractivity contribution in [1.29, 1.82) is 0 Å². The summed E-state index contributed by atoms with van der Waals surface area (Å²) in [6.45, 7) is 3.56. The zero-order chi connectivity index (χ0) is 11.4. The maximum absolute atomic E-state index is 11.4. The molecule has 0 amide bonds. The minimum Gasteiger partial charge on any atom is -0.504 e. The van der Waals surface area contributed by atoms with Crippen LogP contribution in [-0.2, 0) is 4.74 Å². The van der Waals surface area contributed by atoms with E-state index in [1.165, 1.54) is 32.4 Å². The van der Waals surface area contributed by atoms with E-state index >= 15 is 0 Å². The first-order valence-corrected chi connectivity index (χ1v) is 4.26. The molecule has 0 bridgehead atoms. The quantitative estimate of drug-likeness (QED) is 0.770. The lowest BCUT2D eigenvalue weighted by atomic mass is 10.1. The highest BCUT2D eigenvalue weighted by molar-refractivity contribution is 5.95. The smallest absolute Gasteiger partial charge is 0.338 e. The second-order valence-corrected chi connectivity index (χ2v) is 2.77. The highest BCUT2D eigenvalue weighted by Gasteiger charge is 2.16. The van der Waals surface area contributed by atoms with Gasteiger partial charge in [-0.05, 0) is 12.1 Å².